The number of hydrogen-bond acceptors (Lipinski definition) is 7. The van der Waals surface area contributed by atoms with Crippen LogP contribution in [-0.2, 0) is 6.54 Å². The minimum absolute atomic E-state index is 0.108. The van der Waals surface area contributed by atoms with Gasteiger partial charge in [0.05, 0.1) is 12.7 Å². The second-order valence-corrected chi connectivity index (χ2v) is 4.23. The van der Waals surface area contributed by atoms with Crippen LogP contribution in [0.25, 0.3) is 5.82 Å². The van der Waals surface area contributed by atoms with Crippen LogP contribution in [0.15, 0.2) is 46.4 Å². The topological polar surface area (TPSA) is 121 Å². The molecule has 1 N–H and O–H groups in total. The first kappa shape index (κ1) is 13.7. The molecule has 0 spiro atoms. The monoisotopic (exact) mass is 301 g/mol. The Hall–Kier alpha value is -3.30. The van der Waals surface area contributed by atoms with Gasteiger partial charge in [-0.05, 0) is 6.07 Å². The predicted molar refractivity (Wildman–Crippen MR) is 72.3 cm³/mol. The molecule has 0 fully saturated rings. The van der Waals surface area contributed by atoms with E-state index in [9.17, 15) is 9.59 Å². The third-order valence-corrected chi connectivity index (χ3v) is 2.78. The van der Waals surface area contributed by atoms with E-state index in [-0.39, 0.29) is 24.4 Å². The zero-order chi connectivity index (χ0) is 15.4. The molecule has 3 rings (SSSR count). The third kappa shape index (κ3) is 2.90. The van der Waals surface area contributed by atoms with Crippen molar-refractivity contribution in [1.82, 2.24) is 35.0 Å². The van der Waals surface area contributed by atoms with Gasteiger partial charge in [-0.15, -0.1) is 5.10 Å². The average molecular weight is 301 g/mol. The molecule has 0 saturated heterocycles. The normalized spacial score (nSPS) is 10.5. The summed E-state index contributed by atoms with van der Waals surface area (Å²) in [4.78, 5) is 27.2. The Morgan fingerprint density at radius 2 is 2.23 bits per heavy atom. The molecule has 10 heteroatoms. The highest BCUT2D eigenvalue weighted by Crippen LogP contribution is 1.97. The minimum atomic E-state index is -0.405. The molecule has 3 aromatic rings. The standard InChI is InChI=1S/C12H11N7O3/c20-11-2-1-10(19-8-13-7-15-19)17-18(11)6-5-14-12(21)9-3-4-16-22-9/h1-4,7-8H,5-6H2,(H,14,21). The fraction of sp³-hybridized carbons (Fsp3) is 0.167. The van der Waals surface area contributed by atoms with Gasteiger partial charge in [0, 0.05) is 18.7 Å². The lowest BCUT2D eigenvalue weighted by atomic mass is 10.4. The Morgan fingerprint density at radius 3 is 2.95 bits per heavy atom. The highest BCUT2D eigenvalue weighted by Gasteiger charge is 2.09. The summed E-state index contributed by atoms with van der Waals surface area (Å²) in [6, 6.07) is 4.37. The van der Waals surface area contributed by atoms with Crippen LogP contribution in [0.2, 0.25) is 0 Å². The molecule has 0 aliphatic heterocycles. The number of nitrogens with one attached hydrogen (secondary N) is 1. The summed E-state index contributed by atoms with van der Waals surface area (Å²) in [5, 5.41) is 14.1. The molecule has 0 bridgehead atoms. The van der Waals surface area contributed by atoms with E-state index in [0.717, 1.165) is 0 Å². The fourth-order valence-electron chi connectivity index (χ4n) is 1.74. The van der Waals surface area contributed by atoms with Crippen LogP contribution in [0.3, 0.4) is 0 Å². The molecule has 22 heavy (non-hydrogen) atoms. The summed E-state index contributed by atoms with van der Waals surface area (Å²) in [5.74, 6) is 0.160. The van der Waals surface area contributed by atoms with Gasteiger partial charge in [-0.25, -0.2) is 14.3 Å². The van der Waals surface area contributed by atoms with Crippen molar-refractivity contribution in [1.29, 1.82) is 0 Å². The number of rotatable bonds is 5. The smallest absolute Gasteiger partial charge is 0.289 e. The summed E-state index contributed by atoms with van der Waals surface area (Å²) in [6.45, 7) is 0.425. The molecule has 1 amide bonds. The first-order chi connectivity index (χ1) is 10.7. The lowest BCUT2D eigenvalue weighted by Gasteiger charge is -2.07. The summed E-state index contributed by atoms with van der Waals surface area (Å²) in [6.07, 6.45) is 4.22. The number of carbonyl (C=O) groups is 1. The maximum Gasteiger partial charge on any atom is 0.289 e. The number of hydrogen-bond donors (Lipinski definition) is 1. The largest absolute Gasteiger partial charge is 0.351 e. The summed E-state index contributed by atoms with van der Waals surface area (Å²) in [7, 11) is 0. The second kappa shape index (κ2) is 5.99. The van der Waals surface area contributed by atoms with Gasteiger partial charge in [0.15, 0.2) is 5.82 Å². The van der Waals surface area contributed by atoms with Crippen molar-refractivity contribution in [2.24, 2.45) is 0 Å². The van der Waals surface area contributed by atoms with Crippen molar-refractivity contribution >= 4 is 5.91 Å². The average Bonchev–Trinajstić information content (AvgIpc) is 3.22. The molecule has 0 aromatic carbocycles. The van der Waals surface area contributed by atoms with E-state index in [0.29, 0.717) is 5.82 Å². The Bertz CT molecular complexity index is 808. The predicted octanol–water partition coefficient (Wildman–Crippen LogP) is -0.758. The van der Waals surface area contributed by atoms with Gasteiger partial charge in [0.25, 0.3) is 11.5 Å². The van der Waals surface area contributed by atoms with Crippen LogP contribution in [0.5, 0.6) is 0 Å². The quantitative estimate of drug-likeness (QED) is 0.657. The molecule has 0 unspecified atom stereocenters. The zero-order valence-electron chi connectivity index (χ0n) is 11.3. The maximum absolute atomic E-state index is 11.8. The summed E-state index contributed by atoms with van der Waals surface area (Å²) < 4.78 is 7.39. The summed E-state index contributed by atoms with van der Waals surface area (Å²) in [5.41, 5.74) is -0.280. The zero-order valence-corrected chi connectivity index (χ0v) is 11.3. The van der Waals surface area contributed by atoms with E-state index in [4.69, 9.17) is 4.52 Å². The molecule has 0 saturated carbocycles. The van der Waals surface area contributed by atoms with E-state index in [2.05, 4.69) is 25.7 Å². The SMILES string of the molecule is O=C(NCCn1nc(-n2cncn2)ccc1=O)c1ccno1. The van der Waals surface area contributed by atoms with E-state index in [1.54, 1.807) is 6.07 Å². The first-order valence-corrected chi connectivity index (χ1v) is 6.36. The van der Waals surface area contributed by atoms with E-state index in [1.165, 1.54) is 40.3 Å². The van der Waals surface area contributed by atoms with Crippen LogP contribution in [0, 0.1) is 0 Å². The highest BCUT2D eigenvalue weighted by atomic mass is 16.5. The van der Waals surface area contributed by atoms with Gasteiger partial charge in [-0.2, -0.15) is 5.10 Å². The van der Waals surface area contributed by atoms with Gasteiger partial charge in [-0.1, -0.05) is 5.16 Å². The molecule has 112 valence electrons. The van der Waals surface area contributed by atoms with E-state index >= 15 is 0 Å². The molecule has 0 radical (unpaired) electrons. The fourth-order valence-corrected chi connectivity index (χ4v) is 1.74. The lowest BCUT2D eigenvalue weighted by molar-refractivity contribution is 0.0915. The van der Waals surface area contributed by atoms with Crippen LogP contribution in [0.1, 0.15) is 10.6 Å². The first-order valence-electron chi connectivity index (χ1n) is 6.36. The van der Waals surface area contributed by atoms with Gasteiger partial charge in [0.2, 0.25) is 5.76 Å². The lowest BCUT2D eigenvalue weighted by Crippen LogP contribution is -2.32. The molecule has 3 heterocycles. The van der Waals surface area contributed by atoms with Crippen LogP contribution < -0.4 is 10.9 Å². The Balaban J connectivity index is 1.66. The maximum atomic E-state index is 11.8. The van der Waals surface area contributed by atoms with Gasteiger partial charge >= 0.3 is 0 Å². The van der Waals surface area contributed by atoms with Crippen molar-refractivity contribution in [3.8, 4) is 5.82 Å². The van der Waals surface area contributed by atoms with Crippen LogP contribution >= 0.6 is 0 Å². The Kier molecular flexibility index (Phi) is 3.72. The molecule has 0 aliphatic carbocycles. The molecule has 0 aliphatic rings. The van der Waals surface area contributed by atoms with Crippen LogP contribution in [0.4, 0.5) is 0 Å². The number of carbonyl (C=O) groups excluding carboxylic acids is 1. The minimum Gasteiger partial charge on any atom is -0.351 e. The molecule has 10 nitrogen and oxygen atoms in total. The summed E-state index contributed by atoms with van der Waals surface area (Å²) >= 11 is 0. The Morgan fingerprint density at radius 1 is 1.32 bits per heavy atom. The van der Waals surface area contributed by atoms with Crippen molar-refractivity contribution in [2.45, 2.75) is 6.54 Å². The van der Waals surface area contributed by atoms with E-state index in [1.807, 2.05) is 0 Å². The molecular formula is C12H11N7O3. The van der Waals surface area contributed by atoms with Crippen molar-refractivity contribution < 1.29 is 9.32 Å². The van der Waals surface area contributed by atoms with Gasteiger partial charge in [-0.3, -0.25) is 9.59 Å². The Labute approximate surface area is 123 Å². The number of amides is 1. The number of aromatic nitrogens is 6. The highest BCUT2D eigenvalue weighted by molar-refractivity contribution is 5.91. The second-order valence-electron chi connectivity index (χ2n) is 4.23. The van der Waals surface area contributed by atoms with Crippen molar-refractivity contribution in [2.75, 3.05) is 6.54 Å². The van der Waals surface area contributed by atoms with Crippen LogP contribution in [-0.4, -0.2) is 42.2 Å². The molecule has 0 atom stereocenters. The van der Waals surface area contributed by atoms with E-state index < -0.39 is 5.91 Å². The van der Waals surface area contributed by atoms with Crippen molar-refractivity contribution in [3.63, 3.8) is 0 Å². The third-order valence-electron chi connectivity index (χ3n) is 2.78. The van der Waals surface area contributed by atoms with Gasteiger partial charge < -0.3 is 9.84 Å². The van der Waals surface area contributed by atoms with Crippen molar-refractivity contribution in [3.05, 3.63) is 53.2 Å². The van der Waals surface area contributed by atoms with Gasteiger partial charge in [0.1, 0.15) is 12.7 Å². The number of nitrogens with zero attached hydrogens (tertiary/aromatic N) is 6. The molecule has 3 aromatic heterocycles. The molecular weight excluding hydrogens is 290 g/mol.